The van der Waals surface area contributed by atoms with Crippen LogP contribution in [-0.2, 0) is 11.2 Å². The van der Waals surface area contributed by atoms with Crippen LogP contribution in [0, 0.1) is 6.92 Å². The van der Waals surface area contributed by atoms with Gasteiger partial charge in [0, 0.05) is 29.8 Å². The van der Waals surface area contributed by atoms with Crippen molar-refractivity contribution < 1.29 is 24.2 Å². The van der Waals surface area contributed by atoms with Crippen LogP contribution in [0.4, 0.5) is 0 Å². The first-order chi connectivity index (χ1) is 16.4. The van der Waals surface area contributed by atoms with Crippen LogP contribution in [0.1, 0.15) is 27.0 Å². The number of aromatic nitrogens is 3. The van der Waals surface area contributed by atoms with Crippen LogP contribution in [0.2, 0.25) is 0 Å². The summed E-state index contributed by atoms with van der Waals surface area (Å²) in [4.78, 5) is 30.4. The number of rotatable bonds is 8. The Kier molecular flexibility index (Phi) is 6.65. The number of Topliss-reactive ketones (excluding diaryl/α,β-unsaturated/α-hetero) is 1. The maximum atomic E-state index is 13.8. The Bertz CT molecular complexity index is 1430. The second-order valence-electron chi connectivity index (χ2n) is 7.52. The van der Waals surface area contributed by atoms with Gasteiger partial charge in [0.25, 0.3) is 0 Å². The lowest BCUT2D eigenvalue weighted by Gasteiger charge is -2.14. The van der Waals surface area contributed by atoms with Crippen LogP contribution in [0.3, 0.4) is 0 Å². The monoisotopic (exact) mass is 475 g/mol. The maximum Gasteiger partial charge on any atom is 0.336 e. The van der Waals surface area contributed by atoms with Crippen LogP contribution < -0.4 is 9.47 Å². The number of carboxylic acid groups (broad SMARTS) is 1. The first kappa shape index (κ1) is 23.1. The number of carbonyl (C=O) groups is 2. The molecule has 0 aliphatic carbocycles. The maximum absolute atomic E-state index is 13.8. The van der Waals surface area contributed by atoms with Crippen molar-refractivity contribution in [2.24, 2.45) is 0 Å². The van der Waals surface area contributed by atoms with Gasteiger partial charge >= 0.3 is 5.97 Å². The molecule has 0 unspecified atom stereocenters. The third-order valence-corrected chi connectivity index (χ3v) is 5.94. The number of pyridine rings is 1. The fraction of sp³-hybridized carbons (Fsp3) is 0.160. The number of allylic oxidation sites excluding steroid dienone is 1. The lowest BCUT2D eigenvalue weighted by atomic mass is 9.89. The Hall–Kier alpha value is -4.11. The van der Waals surface area contributed by atoms with Gasteiger partial charge in [-0.15, -0.1) is 0 Å². The largest absolute Gasteiger partial charge is 0.496 e. The topological polar surface area (TPSA) is 112 Å². The van der Waals surface area contributed by atoms with Gasteiger partial charge in [-0.25, -0.2) is 9.78 Å². The smallest absolute Gasteiger partial charge is 0.336 e. The van der Waals surface area contributed by atoms with Gasteiger partial charge in [-0.05, 0) is 60.0 Å². The third kappa shape index (κ3) is 4.65. The fourth-order valence-corrected chi connectivity index (χ4v) is 4.23. The van der Waals surface area contributed by atoms with Crippen molar-refractivity contribution in [2.45, 2.75) is 13.3 Å². The van der Waals surface area contributed by atoms with Crippen molar-refractivity contribution in [3.05, 3.63) is 82.6 Å². The molecular weight excluding hydrogens is 454 g/mol. The number of hydrogen-bond donors (Lipinski definition) is 1. The first-order valence-corrected chi connectivity index (χ1v) is 11.0. The van der Waals surface area contributed by atoms with Gasteiger partial charge in [-0.1, -0.05) is 6.07 Å². The van der Waals surface area contributed by atoms with E-state index in [9.17, 15) is 14.7 Å². The average Bonchev–Trinajstić information content (AvgIpc) is 3.31. The highest BCUT2D eigenvalue weighted by Crippen LogP contribution is 2.29. The van der Waals surface area contributed by atoms with Gasteiger partial charge in [-0.3, -0.25) is 4.79 Å². The summed E-state index contributed by atoms with van der Waals surface area (Å²) in [5, 5.41) is 10.2. The number of ether oxygens (including phenoxy) is 2. The molecule has 0 aliphatic rings. The van der Waals surface area contributed by atoms with Crippen LogP contribution in [0.15, 0.2) is 60.3 Å². The standard InChI is InChI=1S/C25H21N3O5S/c1-14-10-17(5-7-21(14)32-2)24(29)18(11-15-8-9-26-22(12-15)33-3)23(25(30)31)16-4-6-19-20(13-16)28-34-27-19/h4-10,12-13H,11H2,1-3H3,(H,30,31). The summed E-state index contributed by atoms with van der Waals surface area (Å²) < 4.78 is 18.9. The number of aryl methyl sites for hydroxylation is 1. The SMILES string of the molecule is COc1cc(CC(C(=O)c2ccc(OC)c(C)c2)=C(C(=O)O)c2ccc3nsnc3c2)ccn1. The Balaban J connectivity index is 1.91. The summed E-state index contributed by atoms with van der Waals surface area (Å²) in [5.41, 5.74) is 3.47. The molecule has 34 heavy (non-hydrogen) atoms. The summed E-state index contributed by atoms with van der Waals surface area (Å²) >= 11 is 1.04. The Morgan fingerprint density at radius 3 is 2.41 bits per heavy atom. The highest BCUT2D eigenvalue weighted by molar-refractivity contribution is 7.00. The lowest BCUT2D eigenvalue weighted by molar-refractivity contribution is -0.130. The highest BCUT2D eigenvalue weighted by Gasteiger charge is 2.25. The number of aliphatic carboxylic acids is 1. The van der Waals surface area contributed by atoms with Gasteiger partial charge in [0.05, 0.1) is 31.5 Å². The molecule has 2 heterocycles. The van der Waals surface area contributed by atoms with Crippen molar-refractivity contribution in [3.8, 4) is 11.6 Å². The first-order valence-electron chi connectivity index (χ1n) is 10.3. The second-order valence-corrected chi connectivity index (χ2v) is 8.05. The lowest BCUT2D eigenvalue weighted by Crippen LogP contribution is -2.14. The molecule has 1 N–H and O–H groups in total. The van der Waals surface area contributed by atoms with Crippen LogP contribution in [-0.4, -0.2) is 44.8 Å². The van der Waals surface area contributed by atoms with E-state index < -0.39 is 11.8 Å². The molecule has 0 saturated carbocycles. The van der Waals surface area contributed by atoms with Crippen molar-refractivity contribution in [1.29, 1.82) is 0 Å². The Morgan fingerprint density at radius 2 is 1.71 bits per heavy atom. The van der Waals surface area contributed by atoms with Gasteiger partial charge in [0.2, 0.25) is 5.88 Å². The van der Waals surface area contributed by atoms with E-state index in [1.54, 1.807) is 61.8 Å². The molecule has 4 rings (SSSR count). The van der Waals surface area contributed by atoms with Crippen molar-refractivity contribution in [1.82, 2.24) is 13.7 Å². The minimum atomic E-state index is -1.21. The van der Waals surface area contributed by atoms with Crippen molar-refractivity contribution in [2.75, 3.05) is 14.2 Å². The van der Waals surface area contributed by atoms with Gasteiger partial charge in [-0.2, -0.15) is 8.75 Å². The van der Waals surface area contributed by atoms with E-state index in [1.165, 1.54) is 7.11 Å². The Labute approximate surface area is 199 Å². The van der Waals surface area contributed by atoms with E-state index in [-0.39, 0.29) is 17.6 Å². The minimum absolute atomic E-state index is 0.0672. The number of benzene rings is 2. The summed E-state index contributed by atoms with van der Waals surface area (Å²) in [7, 11) is 3.05. The average molecular weight is 476 g/mol. The predicted octanol–water partition coefficient (Wildman–Crippen LogP) is 4.38. The Morgan fingerprint density at radius 1 is 0.941 bits per heavy atom. The highest BCUT2D eigenvalue weighted by atomic mass is 32.1. The molecule has 0 amide bonds. The number of methoxy groups -OCH3 is 2. The van der Waals surface area contributed by atoms with E-state index in [0.29, 0.717) is 39.4 Å². The van der Waals surface area contributed by atoms with E-state index in [0.717, 1.165) is 17.3 Å². The zero-order valence-electron chi connectivity index (χ0n) is 18.7. The molecule has 8 nitrogen and oxygen atoms in total. The second kappa shape index (κ2) is 9.80. The fourth-order valence-electron chi connectivity index (χ4n) is 3.72. The molecule has 0 spiro atoms. The molecule has 2 aromatic carbocycles. The van der Waals surface area contributed by atoms with E-state index >= 15 is 0 Å². The quantitative estimate of drug-likeness (QED) is 0.295. The predicted molar refractivity (Wildman–Crippen MR) is 129 cm³/mol. The van der Waals surface area contributed by atoms with E-state index in [1.807, 2.05) is 6.92 Å². The summed E-state index contributed by atoms with van der Waals surface area (Å²) in [6.45, 7) is 1.83. The van der Waals surface area contributed by atoms with Crippen LogP contribution in [0.25, 0.3) is 16.6 Å². The van der Waals surface area contributed by atoms with Gasteiger partial charge < -0.3 is 14.6 Å². The zero-order valence-corrected chi connectivity index (χ0v) is 19.5. The molecular formula is C25H21N3O5S. The van der Waals surface area contributed by atoms with E-state index in [2.05, 4.69) is 13.7 Å². The number of nitrogens with zero attached hydrogens (tertiary/aromatic N) is 3. The van der Waals surface area contributed by atoms with Crippen molar-refractivity contribution in [3.63, 3.8) is 0 Å². The number of fused-ring (bicyclic) bond motifs is 1. The molecule has 9 heteroatoms. The third-order valence-electron chi connectivity index (χ3n) is 5.38. The molecule has 0 saturated heterocycles. The van der Waals surface area contributed by atoms with Crippen molar-refractivity contribution >= 4 is 40.1 Å². The molecule has 172 valence electrons. The molecule has 0 radical (unpaired) electrons. The molecule has 0 fully saturated rings. The number of carbonyl (C=O) groups excluding carboxylic acids is 1. The molecule has 2 aromatic heterocycles. The molecule has 0 bridgehead atoms. The molecule has 0 aliphatic heterocycles. The zero-order chi connectivity index (χ0) is 24.2. The summed E-state index contributed by atoms with van der Waals surface area (Å²) in [6, 6.07) is 13.4. The molecule has 4 aromatic rings. The van der Waals surface area contributed by atoms with Gasteiger partial charge in [0.1, 0.15) is 16.8 Å². The summed E-state index contributed by atoms with van der Waals surface area (Å²) in [5.74, 6) is -0.593. The number of hydrogen-bond acceptors (Lipinski definition) is 8. The number of ketones is 1. The molecule has 0 atom stereocenters. The van der Waals surface area contributed by atoms with Gasteiger partial charge in [0.15, 0.2) is 5.78 Å². The van der Waals surface area contributed by atoms with Crippen LogP contribution in [0.5, 0.6) is 11.6 Å². The summed E-state index contributed by atoms with van der Waals surface area (Å²) in [6.07, 6.45) is 1.62. The normalized spacial score (nSPS) is 11.7. The van der Waals surface area contributed by atoms with E-state index in [4.69, 9.17) is 9.47 Å². The number of carboxylic acids is 1. The minimum Gasteiger partial charge on any atom is -0.496 e. The van der Waals surface area contributed by atoms with Crippen LogP contribution >= 0.6 is 11.7 Å².